The Labute approximate surface area is 203 Å². The highest BCUT2D eigenvalue weighted by Crippen LogP contribution is 2.46. The third-order valence-corrected chi connectivity index (χ3v) is 8.49. The number of thioether (sulfide) groups is 1. The summed E-state index contributed by atoms with van der Waals surface area (Å²) in [5.74, 6) is -0.402. The molecule has 6 heteroatoms. The van der Waals surface area contributed by atoms with Crippen molar-refractivity contribution >= 4 is 51.0 Å². The lowest BCUT2D eigenvalue weighted by atomic mass is 9.85. The number of anilines is 1. The molecule has 0 bridgehead atoms. The number of aryl methyl sites for hydroxylation is 1. The van der Waals surface area contributed by atoms with Gasteiger partial charge >= 0.3 is 0 Å². The molecular weight excluding hydrogens is 446 g/mol. The molecule has 5 rings (SSSR count). The van der Waals surface area contributed by atoms with Crippen molar-refractivity contribution in [2.24, 2.45) is 11.7 Å². The van der Waals surface area contributed by atoms with E-state index in [-0.39, 0.29) is 11.8 Å². The van der Waals surface area contributed by atoms with Gasteiger partial charge in [-0.3, -0.25) is 4.79 Å². The smallest absolute Gasteiger partial charge is 0.263 e. The van der Waals surface area contributed by atoms with E-state index in [0.717, 1.165) is 24.2 Å². The zero-order valence-corrected chi connectivity index (χ0v) is 20.6. The molecule has 0 radical (unpaired) electrons. The molecule has 0 fully saturated rings. The molecular formula is C27H28N3OS2+. The van der Waals surface area contributed by atoms with Crippen LogP contribution in [0.2, 0.25) is 0 Å². The summed E-state index contributed by atoms with van der Waals surface area (Å²) >= 11 is 3.59. The molecule has 1 aromatic heterocycles. The maximum Gasteiger partial charge on any atom is 0.263 e. The van der Waals surface area contributed by atoms with Crippen LogP contribution in [0.3, 0.4) is 0 Å². The van der Waals surface area contributed by atoms with Gasteiger partial charge in [-0.2, -0.15) is 4.57 Å². The summed E-state index contributed by atoms with van der Waals surface area (Å²) < 4.78 is 3.62. The molecule has 4 nitrogen and oxygen atoms in total. The predicted molar refractivity (Wildman–Crippen MR) is 139 cm³/mol. The predicted octanol–water partition coefficient (Wildman–Crippen LogP) is 5.89. The van der Waals surface area contributed by atoms with Gasteiger partial charge in [-0.05, 0) is 62.1 Å². The van der Waals surface area contributed by atoms with Crippen LogP contribution in [0.4, 0.5) is 5.69 Å². The van der Waals surface area contributed by atoms with Gasteiger partial charge in [0.05, 0.1) is 10.7 Å². The highest BCUT2D eigenvalue weighted by atomic mass is 32.2. The van der Waals surface area contributed by atoms with Gasteiger partial charge < -0.3 is 10.6 Å². The third-order valence-electron chi connectivity index (χ3n) is 6.26. The Morgan fingerprint density at radius 3 is 2.70 bits per heavy atom. The maximum atomic E-state index is 12.2. The molecule has 33 heavy (non-hydrogen) atoms. The molecule has 1 atom stereocenters. The van der Waals surface area contributed by atoms with Crippen molar-refractivity contribution in [3.05, 3.63) is 81.9 Å². The second kappa shape index (κ2) is 9.20. The zero-order chi connectivity index (χ0) is 22.9. The number of benzene rings is 2. The summed E-state index contributed by atoms with van der Waals surface area (Å²) in [6.07, 6.45) is 8.12. The number of fused-ring (bicyclic) bond motifs is 2. The molecule has 0 spiro atoms. The van der Waals surface area contributed by atoms with E-state index in [9.17, 15) is 4.79 Å². The number of nitrogens with zero attached hydrogens (tertiary/aromatic N) is 2. The first-order chi connectivity index (χ1) is 16.1. The number of nitrogens with two attached hydrogens (primary N) is 1. The number of hydrogen-bond donors (Lipinski definition) is 1. The zero-order valence-electron chi connectivity index (χ0n) is 19.0. The van der Waals surface area contributed by atoms with Crippen LogP contribution >= 0.6 is 23.1 Å². The molecule has 1 unspecified atom stereocenters. The molecule has 0 saturated heterocycles. The standard InChI is InChI=1S/C27H27N3OS2/c1-3-29-21-9-5-7-11-23(21)32-25(29)16-18-13-19(15-20(14-18)27(28)31)17-26-30(4-2)22-10-6-8-12-24(22)33-26/h5-13,16-17,20H,3-4,14-15H2,1-2H3,(H-,28,31)/p+1. The topological polar surface area (TPSA) is 50.2 Å². The van der Waals surface area contributed by atoms with Crippen molar-refractivity contribution in [2.75, 3.05) is 11.4 Å². The van der Waals surface area contributed by atoms with E-state index in [1.54, 1.807) is 23.1 Å². The summed E-state index contributed by atoms with van der Waals surface area (Å²) in [4.78, 5) is 15.8. The second-order valence-corrected chi connectivity index (χ2v) is 10.5. The Balaban J connectivity index is 1.54. The maximum absolute atomic E-state index is 12.2. The second-order valence-electron chi connectivity index (χ2n) is 8.39. The van der Waals surface area contributed by atoms with Crippen LogP contribution in [0.25, 0.3) is 16.3 Å². The number of carbonyl (C=O) groups is 1. The molecule has 2 aliphatic rings. The molecule has 0 saturated carbocycles. The summed E-state index contributed by atoms with van der Waals surface area (Å²) in [6.45, 7) is 6.16. The summed E-state index contributed by atoms with van der Waals surface area (Å²) in [5, 5.41) is 2.42. The summed E-state index contributed by atoms with van der Waals surface area (Å²) in [5.41, 5.74) is 10.6. The highest BCUT2D eigenvalue weighted by Gasteiger charge is 2.27. The Morgan fingerprint density at radius 2 is 1.91 bits per heavy atom. The van der Waals surface area contributed by atoms with Crippen molar-refractivity contribution in [3.63, 3.8) is 0 Å². The first-order valence-electron chi connectivity index (χ1n) is 11.4. The van der Waals surface area contributed by atoms with Gasteiger partial charge in [0.2, 0.25) is 11.4 Å². The van der Waals surface area contributed by atoms with E-state index in [1.807, 2.05) is 0 Å². The lowest BCUT2D eigenvalue weighted by molar-refractivity contribution is -0.665. The van der Waals surface area contributed by atoms with Gasteiger partial charge in [-0.1, -0.05) is 53.4 Å². The van der Waals surface area contributed by atoms with Gasteiger partial charge in [-0.15, -0.1) is 0 Å². The van der Waals surface area contributed by atoms with Gasteiger partial charge in [0.1, 0.15) is 11.2 Å². The first-order valence-corrected chi connectivity index (χ1v) is 13.1. The fraction of sp³-hybridized carbons (Fsp3) is 0.259. The Bertz CT molecular complexity index is 1320. The van der Waals surface area contributed by atoms with E-state index >= 15 is 0 Å². The van der Waals surface area contributed by atoms with E-state index in [4.69, 9.17) is 5.73 Å². The fourth-order valence-corrected chi connectivity index (χ4v) is 7.10. The quantitative estimate of drug-likeness (QED) is 0.469. The van der Waals surface area contributed by atoms with Crippen LogP contribution in [0, 0.1) is 5.92 Å². The molecule has 1 aliphatic carbocycles. The van der Waals surface area contributed by atoms with E-state index < -0.39 is 0 Å². The first kappa shape index (κ1) is 22.0. The Morgan fingerprint density at radius 1 is 1.12 bits per heavy atom. The lowest BCUT2D eigenvalue weighted by Gasteiger charge is -2.23. The van der Waals surface area contributed by atoms with Gasteiger partial charge in [-0.25, -0.2) is 0 Å². The molecule has 1 aliphatic heterocycles. The summed E-state index contributed by atoms with van der Waals surface area (Å²) in [7, 11) is 0. The van der Waals surface area contributed by atoms with Crippen molar-refractivity contribution in [1.82, 2.24) is 0 Å². The van der Waals surface area contributed by atoms with Crippen LogP contribution < -0.4 is 15.2 Å². The van der Waals surface area contributed by atoms with Crippen molar-refractivity contribution in [3.8, 4) is 0 Å². The van der Waals surface area contributed by atoms with Gasteiger partial charge in [0, 0.05) is 29.5 Å². The van der Waals surface area contributed by atoms with Crippen LogP contribution in [-0.2, 0) is 11.3 Å². The summed E-state index contributed by atoms with van der Waals surface area (Å²) in [6, 6.07) is 17.0. The number of thiazole rings is 1. The third kappa shape index (κ3) is 4.25. The lowest BCUT2D eigenvalue weighted by Crippen LogP contribution is -2.33. The number of allylic oxidation sites excluding steroid dienone is 4. The molecule has 2 N–H and O–H groups in total. The average Bonchev–Trinajstić information content (AvgIpc) is 3.35. The monoisotopic (exact) mass is 474 g/mol. The SMILES string of the molecule is CCN1C(=CC2=CC(=Cc3sc4ccccc4[n+]3CC)CC(C(N)=O)C2)Sc2ccccc21. The largest absolute Gasteiger partial charge is 0.369 e. The van der Waals surface area contributed by atoms with E-state index in [0.29, 0.717) is 12.8 Å². The number of para-hydroxylation sites is 2. The average molecular weight is 475 g/mol. The van der Waals surface area contributed by atoms with E-state index in [1.165, 1.54) is 30.8 Å². The minimum Gasteiger partial charge on any atom is -0.369 e. The fourth-order valence-electron chi connectivity index (χ4n) is 4.69. The molecule has 3 aromatic rings. The highest BCUT2D eigenvalue weighted by molar-refractivity contribution is 8.03. The number of primary amides is 1. The normalized spacial score (nSPS) is 20.5. The minimum absolute atomic E-state index is 0.179. The molecule has 168 valence electrons. The van der Waals surface area contributed by atoms with Crippen molar-refractivity contribution in [1.29, 1.82) is 0 Å². The minimum atomic E-state index is -0.223. The van der Waals surface area contributed by atoms with Gasteiger partial charge in [0.25, 0.3) is 5.01 Å². The van der Waals surface area contributed by atoms with Crippen molar-refractivity contribution in [2.45, 2.75) is 38.1 Å². The molecule has 2 heterocycles. The number of aromatic nitrogens is 1. The van der Waals surface area contributed by atoms with Crippen LogP contribution in [0.1, 0.15) is 31.7 Å². The molecule has 1 amide bonds. The van der Waals surface area contributed by atoms with Crippen LogP contribution in [0.15, 0.2) is 81.8 Å². The van der Waals surface area contributed by atoms with Crippen molar-refractivity contribution < 1.29 is 9.36 Å². The number of amides is 1. The van der Waals surface area contributed by atoms with Crippen LogP contribution in [0.5, 0.6) is 0 Å². The van der Waals surface area contributed by atoms with Gasteiger partial charge in [0.15, 0.2) is 0 Å². The molecule has 2 aromatic carbocycles. The van der Waals surface area contributed by atoms with E-state index in [2.05, 4.69) is 90.1 Å². The Hall–Kier alpha value is -2.83. The number of hydrogen-bond acceptors (Lipinski definition) is 4. The van der Waals surface area contributed by atoms with Crippen LogP contribution in [-0.4, -0.2) is 12.5 Å². The number of rotatable bonds is 5. The Kier molecular flexibility index (Phi) is 6.13. The number of carbonyl (C=O) groups excluding carboxylic acids is 1.